The highest BCUT2D eigenvalue weighted by Crippen LogP contribution is 2.32. The van der Waals surface area contributed by atoms with Crippen LogP contribution in [0.4, 0.5) is 0 Å². The van der Waals surface area contributed by atoms with Crippen molar-refractivity contribution in [3.63, 3.8) is 0 Å². The van der Waals surface area contributed by atoms with E-state index < -0.39 is 0 Å². The molecule has 18 heavy (non-hydrogen) atoms. The van der Waals surface area contributed by atoms with E-state index in [0.717, 1.165) is 40.7 Å². The molecule has 1 aromatic rings. The number of benzene rings is 1. The van der Waals surface area contributed by atoms with E-state index in [4.69, 9.17) is 4.74 Å². The molecule has 0 aliphatic rings. The molecule has 0 fully saturated rings. The van der Waals surface area contributed by atoms with Crippen LogP contribution >= 0.6 is 31.9 Å². The van der Waals surface area contributed by atoms with Crippen molar-refractivity contribution in [1.29, 1.82) is 0 Å². The highest BCUT2D eigenvalue weighted by atomic mass is 79.9. The van der Waals surface area contributed by atoms with E-state index in [2.05, 4.69) is 57.9 Å². The maximum absolute atomic E-state index is 5.78. The van der Waals surface area contributed by atoms with E-state index in [9.17, 15) is 0 Å². The normalized spacial score (nSPS) is 11.6. The topological polar surface area (TPSA) is 21.3 Å². The quantitative estimate of drug-likeness (QED) is 0.720. The lowest BCUT2D eigenvalue weighted by Gasteiger charge is -2.20. The molecule has 2 nitrogen and oxygen atoms in total. The molecular weight excluding hydrogens is 358 g/mol. The molecule has 0 spiro atoms. The van der Waals surface area contributed by atoms with E-state index in [0.29, 0.717) is 0 Å². The second kappa shape index (κ2) is 7.51. The maximum Gasteiger partial charge on any atom is 0.147 e. The maximum atomic E-state index is 5.78. The standard InChI is InChI=1S/C14H21Br2NO/c1-14(2,3)17-9-4-5-10-18-13-11(15)7-6-8-12(13)16/h6-8,17H,4-5,9-10H2,1-3H3. The number of rotatable bonds is 6. The molecule has 0 bridgehead atoms. The summed E-state index contributed by atoms with van der Waals surface area (Å²) in [6.07, 6.45) is 2.18. The van der Waals surface area contributed by atoms with Crippen molar-refractivity contribution in [3.05, 3.63) is 27.1 Å². The van der Waals surface area contributed by atoms with Crippen molar-refractivity contribution in [1.82, 2.24) is 5.32 Å². The van der Waals surface area contributed by atoms with E-state index >= 15 is 0 Å². The number of hydrogen-bond acceptors (Lipinski definition) is 2. The second-order valence-corrected chi connectivity index (χ2v) is 6.99. The Bertz CT molecular complexity index is 354. The van der Waals surface area contributed by atoms with Gasteiger partial charge < -0.3 is 10.1 Å². The first-order valence-electron chi connectivity index (χ1n) is 6.22. The van der Waals surface area contributed by atoms with Gasteiger partial charge in [0.15, 0.2) is 0 Å². The lowest BCUT2D eigenvalue weighted by Crippen LogP contribution is -2.36. The zero-order valence-electron chi connectivity index (χ0n) is 11.2. The van der Waals surface area contributed by atoms with Crippen molar-refractivity contribution < 1.29 is 4.74 Å². The summed E-state index contributed by atoms with van der Waals surface area (Å²) in [4.78, 5) is 0. The van der Waals surface area contributed by atoms with Crippen LogP contribution in [0.25, 0.3) is 0 Å². The van der Waals surface area contributed by atoms with Crippen LogP contribution in [-0.4, -0.2) is 18.7 Å². The Labute approximate surface area is 127 Å². The van der Waals surface area contributed by atoms with Crippen LogP contribution in [0.2, 0.25) is 0 Å². The van der Waals surface area contributed by atoms with Crippen LogP contribution in [0.15, 0.2) is 27.1 Å². The lowest BCUT2D eigenvalue weighted by atomic mass is 10.1. The summed E-state index contributed by atoms with van der Waals surface area (Å²) in [5.41, 5.74) is 0.201. The molecule has 0 amide bonds. The van der Waals surface area contributed by atoms with Gasteiger partial charge in [0.2, 0.25) is 0 Å². The average Bonchev–Trinajstić information content (AvgIpc) is 2.25. The van der Waals surface area contributed by atoms with Crippen molar-refractivity contribution in [2.75, 3.05) is 13.2 Å². The summed E-state index contributed by atoms with van der Waals surface area (Å²) in [5, 5.41) is 3.47. The number of hydrogen-bond donors (Lipinski definition) is 1. The number of para-hydroxylation sites is 1. The van der Waals surface area contributed by atoms with Crippen molar-refractivity contribution in [3.8, 4) is 5.75 Å². The zero-order chi connectivity index (χ0) is 13.6. The van der Waals surface area contributed by atoms with Gasteiger partial charge in [0.05, 0.1) is 15.6 Å². The van der Waals surface area contributed by atoms with Gasteiger partial charge in [-0.1, -0.05) is 6.07 Å². The van der Waals surface area contributed by atoms with Crippen molar-refractivity contribution in [2.45, 2.75) is 39.2 Å². The molecule has 102 valence electrons. The Balaban J connectivity index is 2.22. The van der Waals surface area contributed by atoms with Gasteiger partial charge in [-0.25, -0.2) is 0 Å². The molecule has 0 radical (unpaired) electrons. The molecule has 1 rings (SSSR count). The molecule has 0 atom stereocenters. The van der Waals surface area contributed by atoms with E-state index in [1.54, 1.807) is 0 Å². The third kappa shape index (κ3) is 6.21. The molecule has 0 unspecified atom stereocenters. The molecule has 0 aliphatic heterocycles. The molecule has 0 aliphatic carbocycles. The minimum absolute atomic E-state index is 0.201. The van der Waals surface area contributed by atoms with Gasteiger partial charge in [-0.3, -0.25) is 0 Å². The van der Waals surface area contributed by atoms with Crippen LogP contribution in [-0.2, 0) is 0 Å². The lowest BCUT2D eigenvalue weighted by molar-refractivity contribution is 0.298. The van der Waals surface area contributed by atoms with Gasteiger partial charge in [0.25, 0.3) is 0 Å². The molecule has 0 heterocycles. The molecule has 0 saturated heterocycles. The monoisotopic (exact) mass is 377 g/mol. The van der Waals surface area contributed by atoms with Crippen LogP contribution in [0.1, 0.15) is 33.6 Å². The van der Waals surface area contributed by atoms with Gasteiger partial charge in [0.1, 0.15) is 5.75 Å². The fourth-order valence-corrected chi connectivity index (χ4v) is 2.71. The minimum Gasteiger partial charge on any atom is -0.491 e. The van der Waals surface area contributed by atoms with Crippen LogP contribution < -0.4 is 10.1 Å². The van der Waals surface area contributed by atoms with Crippen molar-refractivity contribution in [2.24, 2.45) is 0 Å². The summed E-state index contributed by atoms with van der Waals surface area (Å²) >= 11 is 6.98. The third-order valence-electron chi connectivity index (χ3n) is 2.39. The molecular formula is C14H21Br2NO. The van der Waals surface area contributed by atoms with Gasteiger partial charge in [-0.2, -0.15) is 0 Å². The van der Waals surface area contributed by atoms with E-state index in [1.807, 2.05) is 18.2 Å². The highest BCUT2D eigenvalue weighted by molar-refractivity contribution is 9.11. The number of ether oxygens (including phenoxy) is 1. The molecule has 0 aromatic heterocycles. The highest BCUT2D eigenvalue weighted by Gasteiger charge is 2.08. The first-order chi connectivity index (χ1) is 8.40. The SMILES string of the molecule is CC(C)(C)NCCCCOc1c(Br)cccc1Br. The summed E-state index contributed by atoms with van der Waals surface area (Å²) in [6.45, 7) is 8.32. The second-order valence-electron chi connectivity index (χ2n) is 5.28. The summed E-state index contributed by atoms with van der Waals surface area (Å²) in [7, 11) is 0. The van der Waals surface area contributed by atoms with E-state index in [-0.39, 0.29) is 5.54 Å². The predicted molar refractivity (Wildman–Crippen MR) is 84.3 cm³/mol. The average molecular weight is 379 g/mol. The Morgan fingerprint density at radius 2 is 1.72 bits per heavy atom. The smallest absolute Gasteiger partial charge is 0.147 e. The first kappa shape index (κ1) is 16.0. The third-order valence-corrected chi connectivity index (χ3v) is 3.64. The summed E-state index contributed by atoms with van der Waals surface area (Å²) in [6, 6.07) is 5.96. The minimum atomic E-state index is 0.201. The number of halogens is 2. The Morgan fingerprint density at radius 1 is 1.11 bits per heavy atom. The molecule has 4 heteroatoms. The van der Waals surface area contributed by atoms with E-state index in [1.165, 1.54) is 0 Å². The largest absolute Gasteiger partial charge is 0.491 e. The fourth-order valence-electron chi connectivity index (χ4n) is 1.49. The van der Waals surface area contributed by atoms with Crippen molar-refractivity contribution >= 4 is 31.9 Å². The fraction of sp³-hybridized carbons (Fsp3) is 0.571. The predicted octanol–water partition coefficient (Wildman–Crippen LogP) is 4.76. The number of nitrogens with one attached hydrogen (secondary N) is 1. The molecule has 0 saturated carbocycles. The zero-order valence-corrected chi connectivity index (χ0v) is 14.4. The van der Waals surface area contributed by atoms with Crippen LogP contribution in [0.3, 0.4) is 0 Å². The van der Waals surface area contributed by atoms with Gasteiger partial charge >= 0.3 is 0 Å². The van der Waals surface area contributed by atoms with Gasteiger partial charge in [-0.05, 0) is 84.2 Å². The molecule has 1 aromatic carbocycles. The molecule has 1 N–H and O–H groups in total. The van der Waals surface area contributed by atoms with Crippen LogP contribution in [0.5, 0.6) is 5.75 Å². The van der Waals surface area contributed by atoms with Gasteiger partial charge in [-0.15, -0.1) is 0 Å². The number of unbranched alkanes of at least 4 members (excludes halogenated alkanes) is 1. The van der Waals surface area contributed by atoms with Gasteiger partial charge in [0, 0.05) is 5.54 Å². The Kier molecular flexibility index (Phi) is 6.67. The van der Waals surface area contributed by atoms with Crippen LogP contribution in [0, 0.1) is 0 Å². The summed E-state index contributed by atoms with van der Waals surface area (Å²) in [5.74, 6) is 0.890. The Hall–Kier alpha value is -0.0600. The summed E-state index contributed by atoms with van der Waals surface area (Å²) < 4.78 is 7.76. The first-order valence-corrected chi connectivity index (χ1v) is 7.80. The Morgan fingerprint density at radius 3 is 2.28 bits per heavy atom.